The molecule has 1 atom stereocenters. The van der Waals surface area contributed by atoms with Crippen LogP contribution in [0, 0.1) is 3.57 Å². The van der Waals surface area contributed by atoms with Crippen molar-refractivity contribution >= 4 is 61.7 Å². The maximum Gasteiger partial charge on any atom is 0.0542 e. The van der Waals surface area contributed by atoms with Crippen LogP contribution in [0.5, 0.6) is 0 Å². The largest absolute Gasteiger partial charge is 0.0843 e. The van der Waals surface area contributed by atoms with Gasteiger partial charge in [0.25, 0.3) is 0 Å². The van der Waals surface area contributed by atoms with Crippen LogP contribution in [0.25, 0.3) is 0 Å². The third kappa shape index (κ3) is 3.86. The van der Waals surface area contributed by atoms with Crippen LogP contribution < -0.4 is 0 Å². The van der Waals surface area contributed by atoms with Crippen molar-refractivity contribution in [2.75, 3.05) is 0 Å². The van der Waals surface area contributed by atoms with E-state index < -0.39 is 0 Å². The Kier molecular flexibility index (Phi) is 5.36. The molecule has 2 rings (SSSR count). The first-order chi connectivity index (χ1) is 8.56. The fraction of sp³-hybridized carbons (Fsp3) is 0.143. The van der Waals surface area contributed by atoms with Crippen molar-refractivity contribution in [1.82, 2.24) is 0 Å². The van der Waals surface area contributed by atoms with Crippen LogP contribution in [0.2, 0.25) is 10.0 Å². The minimum atomic E-state index is 0.241. The molecule has 0 saturated carbocycles. The fourth-order valence-electron chi connectivity index (χ4n) is 1.70. The first-order valence-corrected chi connectivity index (χ1v) is 8.15. The van der Waals surface area contributed by atoms with Crippen molar-refractivity contribution in [3.05, 3.63) is 67.2 Å². The van der Waals surface area contributed by atoms with Gasteiger partial charge in [-0.25, -0.2) is 0 Å². The molecule has 0 heterocycles. The third-order valence-corrected chi connectivity index (χ3v) is 5.27. The smallest absolute Gasteiger partial charge is 0.0542 e. The van der Waals surface area contributed by atoms with Crippen molar-refractivity contribution in [3.63, 3.8) is 0 Å². The molecule has 18 heavy (non-hydrogen) atoms. The molecular formula is C14H10BrCl2I. The molecule has 0 N–H and O–H groups in total. The highest BCUT2D eigenvalue weighted by molar-refractivity contribution is 14.1. The number of benzene rings is 2. The zero-order valence-electron chi connectivity index (χ0n) is 9.34. The molecule has 0 aliphatic heterocycles. The summed E-state index contributed by atoms with van der Waals surface area (Å²) >= 11 is 18.0. The summed E-state index contributed by atoms with van der Waals surface area (Å²) < 4.78 is 1.07. The van der Waals surface area contributed by atoms with Crippen LogP contribution in [0.15, 0.2) is 42.5 Å². The van der Waals surface area contributed by atoms with Gasteiger partial charge in [-0.3, -0.25) is 0 Å². The molecule has 0 radical (unpaired) electrons. The Morgan fingerprint density at radius 3 is 2.56 bits per heavy atom. The molecule has 2 aromatic carbocycles. The average molecular weight is 456 g/mol. The quantitative estimate of drug-likeness (QED) is 0.377. The van der Waals surface area contributed by atoms with Crippen molar-refractivity contribution in [2.45, 2.75) is 11.2 Å². The van der Waals surface area contributed by atoms with E-state index in [1.165, 1.54) is 11.1 Å². The Morgan fingerprint density at radius 1 is 1.11 bits per heavy atom. The van der Waals surface area contributed by atoms with E-state index in [1.54, 1.807) is 0 Å². The Bertz CT molecular complexity index is 557. The van der Waals surface area contributed by atoms with Gasteiger partial charge in [-0.2, -0.15) is 0 Å². The van der Waals surface area contributed by atoms with Crippen molar-refractivity contribution in [1.29, 1.82) is 0 Å². The van der Waals surface area contributed by atoms with E-state index in [9.17, 15) is 0 Å². The topological polar surface area (TPSA) is 0 Å². The molecule has 0 aromatic heterocycles. The number of hydrogen-bond acceptors (Lipinski definition) is 0. The van der Waals surface area contributed by atoms with Gasteiger partial charge in [-0.15, -0.1) is 0 Å². The summed E-state index contributed by atoms with van der Waals surface area (Å²) in [5.41, 5.74) is 2.39. The van der Waals surface area contributed by atoms with Crippen LogP contribution >= 0.6 is 61.7 Å². The summed E-state index contributed by atoms with van der Waals surface area (Å²) in [7, 11) is 0. The first-order valence-electron chi connectivity index (χ1n) is 5.40. The van der Waals surface area contributed by atoms with Crippen molar-refractivity contribution in [2.24, 2.45) is 0 Å². The second-order valence-electron chi connectivity index (χ2n) is 3.98. The molecule has 0 bridgehead atoms. The van der Waals surface area contributed by atoms with Crippen LogP contribution in [0.3, 0.4) is 0 Å². The molecule has 0 amide bonds. The lowest BCUT2D eigenvalue weighted by atomic mass is 10.0. The van der Waals surface area contributed by atoms with Gasteiger partial charge in [0, 0.05) is 13.4 Å². The Labute approximate surface area is 139 Å². The Hall–Kier alpha value is 0.230. The Balaban J connectivity index is 2.16. The maximum absolute atomic E-state index is 6.14. The molecule has 0 saturated heterocycles. The zero-order chi connectivity index (χ0) is 13.1. The van der Waals surface area contributed by atoms with Gasteiger partial charge in [0.15, 0.2) is 0 Å². The lowest BCUT2D eigenvalue weighted by Crippen LogP contribution is -1.96. The van der Waals surface area contributed by atoms with E-state index in [0.717, 1.165) is 20.0 Å². The monoisotopic (exact) mass is 454 g/mol. The normalized spacial score (nSPS) is 12.4. The molecule has 0 fully saturated rings. The standard InChI is InChI=1S/C14H10BrCl2I/c15-12(7-9-2-1-3-11(16)6-9)10-4-5-14(18)13(17)8-10/h1-6,8,12H,7H2. The van der Waals surface area contributed by atoms with E-state index in [-0.39, 0.29) is 4.83 Å². The maximum atomic E-state index is 6.14. The SMILES string of the molecule is Clc1cccc(CC(Br)c2ccc(I)c(Cl)c2)c1. The first kappa shape index (κ1) is 14.6. The summed E-state index contributed by atoms with van der Waals surface area (Å²) in [5, 5.41) is 1.57. The predicted octanol–water partition coefficient (Wildman–Crippen LogP) is 6.28. The zero-order valence-corrected chi connectivity index (χ0v) is 14.6. The highest BCUT2D eigenvalue weighted by atomic mass is 127. The predicted molar refractivity (Wildman–Crippen MR) is 91.0 cm³/mol. The van der Waals surface area contributed by atoms with E-state index in [2.05, 4.69) is 50.7 Å². The van der Waals surface area contributed by atoms with Gasteiger partial charge in [0.2, 0.25) is 0 Å². The van der Waals surface area contributed by atoms with Crippen LogP contribution in [0.1, 0.15) is 16.0 Å². The molecule has 0 aliphatic rings. The number of hydrogen-bond donors (Lipinski definition) is 0. The summed E-state index contributed by atoms with van der Waals surface area (Å²) in [4.78, 5) is 0.241. The van der Waals surface area contributed by atoms with Gasteiger partial charge >= 0.3 is 0 Å². The number of halogens is 4. The van der Waals surface area contributed by atoms with Crippen LogP contribution in [-0.2, 0) is 6.42 Å². The van der Waals surface area contributed by atoms with Crippen LogP contribution in [0.4, 0.5) is 0 Å². The van der Waals surface area contributed by atoms with E-state index >= 15 is 0 Å². The number of rotatable bonds is 3. The molecular weight excluding hydrogens is 446 g/mol. The molecule has 94 valence electrons. The summed E-state index contributed by atoms with van der Waals surface area (Å²) in [6.07, 6.45) is 0.886. The highest BCUT2D eigenvalue weighted by Crippen LogP contribution is 2.31. The lowest BCUT2D eigenvalue weighted by molar-refractivity contribution is 0.948. The summed E-state index contributed by atoms with van der Waals surface area (Å²) in [6.45, 7) is 0. The molecule has 0 aliphatic carbocycles. The minimum absolute atomic E-state index is 0.241. The molecule has 1 unspecified atom stereocenters. The lowest BCUT2D eigenvalue weighted by Gasteiger charge is -2.11. The molecule has 2 aromatic rings. The second kappa shape index (κ2) is 6.60. The molecule has 0 spiro atoms. The average Bonchev–Trinajstić information content (AvgIpc) is 2.32. The highest BCUT2D eigenvalue weighted by Gasteiger charge is 2.10. The van der Waals surface area contributed by atoms with Crippen molar-refractivity contribution < 1.29 is 0 Å². The minimum Gasteiger partial charge on any atom is -0.0843 e. The fourth-order valence-corrected chi connectivity index (χ4v) is 3.09. The molecule has 4 heteroatoms. The van der Waals surface area contributed by atoms with E-state index in [4.69, 9.17) is 23.2 Å². The Morgan fingerprint density at radius 2 is 1.89 bits per heavy atom. The van der Waals surface area contributed by atoms with Gasteiger partial charge in [-0.1, -0.05) is 57.3 Å². The third-order valence-electron chi connectivity index (χ3n) is 2.61. The molecule has 0 nitrogen and oxygen atoms in total. The van der Waals surface area contributed by atoms with Gasteiger partial charge < -0.3 is 0 Å². The van der Waals surface area contributed by atoms with Gasteiger partial charge in [0.05, 0.1) is 5.02 Å². The second-order valence-corrected chi connectivity index (χ2v) is 7.09. The van der Waals surface area contributed by atoms with E-state index in [1.807, 2.05) is 30.3 Å². The van der Waals surface area contributed by atoms with Gasteiger partial charge in [-0.05, 0) is 64.4 Å². The summed E-state index contributed by atoms with van der Waals surface area (Å²) in [5.74, 6) is 0. The summed E-state index contributed by atoms with van der Waals surface area (Å²) in [6, 6.07) is 14.1. The van der Waals surface area contributed by atoms with Gasteiger partial charge in [0.1, 0.15) is 0 Å². The van der Waals surface area contributed by atoms with Crippen LogP contribution in [-0.4, -0.2) is 0 Å². The van der Waals surface area contributed by atoms with E-state index in [0.29, 0.717) is 0 Å². The van der Waals surface area contributed by atoms with Crippen molar-refractivity contribution in [3.8, 4) is 0 Å². The number of alkyl halides is 1.